The quantitative estimate of drug-likeness (QED) is 0.836. The summed E-state index contributed by atoms with van der Waals surface area (Å²) in [4.78, 5) is 4.13. The van der Waals surface area contributed by atoms with E-state index >= 15 is 0 Å². The molecule has 0 amide bonds. The molecular formula is C10H11ClN2O2. The van der Waals surface area contributed by atoms with Gasteiger partial charge in [0.25, 0.3) is 6.02 Å². The molecule has 0 unspecified atom stereocenters. The number of hydrogen-bond acceptors (Lipinski definition) is 4. The Morgan fingerprint density at radius 3 is 2.93 bits per heavy atom. The van der Waals surface area contributed by atoms with Crippen LogP contribution in [0.3, 0.4) is 0 Å². The van der Waals surface area contributed by atoms with Crippen LogP contribution in [0.2, 0.25) is 5.02 Å². The summed E-state index contributed by atoms with van der Waals surface area (Å²) >= 11 is 6.00. The fraction of sp³-hybridized carbons (Fsp3) is 0.300. The van der Waals surface area contributed by atoms with E-state index in [0.29, 0.717) is 17.4 Å². The zero-order valence-electron chi connectivity index (χ0n) is 8.24. The lowest BCUT2D eigenvalue weighted by molar-refractivity contribution is 0.315. The van der Waals surface area contributed by atoms with Crippen LogP contribution >= 0.6 is 11.6 Å². The summed E-state index contributed by atoms with van der Waals surface area (Å²) in [5.41, 5.74) is 6.40. The molecule has 0 fully saturated rings. The number of rotatable bonds is 2. The van der Waals surface area contributed by atoms with Crippen molar-refractivity contribution in [2.24, 2.45) is 10.7 Å². The predicted octanol–water partition coefficient (Wildman–Crippen LogP) is 1.73. The standard InChI is InChI=1S/C10H11ClN2O2/c1-14-9-3-2-6(4-7(9)11)8-5-15-10(12)13-8/h2-4,8H,5H2,1H3,(H2,12,13)/t8-/m1/s1. The van der Waals surface area contributed by atoms with Crippen molar-refractivity contribution < 1.29 is 9.47 Å². The van der Waals surface area contributed by atoms with Crippen LogP contribution in [0.1, 0.15) is 11.6 Å². The van der Waals surface area contributed by atoms with Crippen molar-refractivity contribution in [3.05, 3.63) is 28.8 Å². The Bertz CT molecular complexity index is 406. The van der Waals surface area contributed by atoms with Crippen LogP contribution in [0.15, 0.2) is 23.2 Å². The second-order valence-corrected chi connectivity index (χ2v) is 3.60. The third-order valence-corrected chi connectivity index (χ3v) is 2.53. The lowest BCUT2D eigenvalue weighted by Gasteiger charge is -2.08. The fourth-order valence-electron chi connectivity index (χ4n) is 1.45. The van der Waals surface area contributed by atoms with Gasteiger partial charge in [0, 0.05) is 0 Å². The van der Waals surface area contributed by atoms with Crippen LogP contribution < -0.4 is 10.5 Å². The third-order valence-electron chi connectivity index (χ3n) is 2.23. The Morgan fingerprint density at radius 2 is 2.40 bits per heavy atom. The van der Waals surface area contributed by atoms with Crippen molar-refractivity contribution in [2.75, 3.05) is 13.7 Å². The van der Waals surface area contributed by atoms with Gasteiger partial charge in [-0.1, -0.05) is 17.7 Å². The van der Waals surface area contributed by atoms with Gasteiger partial charge < -0.3 is 15.2 Å². The first kappa shape index (κ1) is 10.1. The molecule has 2 N–H and O–H groups in total. The van der Waals surface area contributed by atoms with Crippen LogP contribution in [0.5, 0.6) is 5.75 Å². The number of halogens is 1. The molecule has 0 saturated carbocycles. The highest BCUT2D eigenvalue weighted by atomic mass is 35.5. The van der Waals surface area contributed by atoms with Crippen LogP contribution in [-0.2, 0) is 4.74 Å². The Hall–Kier alpha value is -1.42. The van der Waals surface area contributed by atoms with Crippen LogP contribution in [0.4, 0.5) is 0 Å². The Labute approximate surface area is 92.7 Å². The van der Waals surface area contributed by atoms with Crippen molar-refractivity contribution in [1.82, 2.24) is 0 Å². The van der Waals surface area contributed by atoms with Crippen LogP contribution in [0.25, 0.3) is 0 Å². The Kier molecular flexibility index (Phi) is 2.68. The molecule has 5 heteroatoms. The minimum absolute atomic E-state index is 0.0617. The van der Waals surface area contributed by atoms with Crippen molar-refractivity contribution in [3.8, 4) is 5.75 Å². The molecule has 0 radical (unpaired) electrons. The van der Waals surface area contributed by atoms with Crippen LogP contribution in [-0.4, -0.2) is 19.7 Å². The zero-order chi connectivity index (χ0) is 10.8. The van der Waals surface area contributed by atoms with Crippen molar-refractivity contribution in [2.45, 2.75) is 6.04 Å². The van der Waals surface area contributed by atoms with Gasteiger partial charge in [-0.3, -0.25) is 0 Å². The van der Waals surface area contributed by atoms with E-state index in [1.807, 2.05) is 18.2 Å². The van der Waals surface area contributed by atoms with Gasteiger partial charge in [0.2, 0.25) is 0 Å². The average Bonchev–Trinajstić information content (AvgIpc) is 2.65. The lowest BCUT2D eigenvalue weighted by Crippen LogP contribution is -2.10. The maximum Gasteiger partial charge on any atom is 0.282 e. The SMILES string of the molecule is COc1ccc([C@H]2COC(N)=N2)cc1Cl. The largest absolute Gasteiger partial charge is 0.495 e. The van der Waals surface area contributed by atoms with Gasteiger partial charge in [0.15, 0.2) is 0 Å². The van der Waals surface area contributed by atoms with Gasteiger partial charge in [0.05, 0.1) is 12.1 Å². The molecule has 80 valence electrons. The normalized spacial score (nSPS) is 19.6. The van der Waals surface area contributed by atoms with Gasteiger partial charge in [0.1, 0.15) is 18.4 Å². The van der Waals surface area contributed by atoms with Gasteiger partial charge >= 0.3 is 0 Å². The minimum atomic E-state index is -0.0617. The number of nitrogens with zero attached hydrogens (tertiary/aromatic N) is 1. The number of amidine groups is 1. The molecule has 4 nitrogen and oxygen atoms in total. The van der Waals surface area contributed by atoms with E-state index in [4.69, 9.17) is 26.8 Å². The molecule has 1 heterocycles. The number of nitrogens with two attached hydrogens (primary N) is 1. The molecule has 0 aliphatic carbocycles. The van der Waals surface area contributed by atoms with E-state index in [1.165, 1.54) is 0 Å². The average molecular weight is 227 g/mol. The van der Waals surface area contributed by atoms with Crippen molar-refractivity contribution >= 4 is 17.6 Å². The summed E-state index contributed by atoms with van der Waals surface area (Å²) in [5.74, 6) is 0.649. The third kappa shape index (κ3) is 1.99. The first-order valence-electron chi connectivity index (χ1n) is 4.50. The number of benzene rings is 1. The molecule has 2 rings (SSSR count). The summed E-state index contributed by atoms with van der Waals surface area (Å²) in [6, 6.07) is 5.69. The highest BCUT2D eigenvalue weighted by molar-refractivity contribution is 6.32. The summed E-state index contributed by atoms with van der Waals surface area (Å²) in [6.45, 7) is 0.467. The second-order valence-electron chi connectivity index (χ2n) is 3.19. The minimum Gasteiger partial charge on any atom is -0.495 e. The van der Waals surface area contributed by atoms with Gasteiger partial charge in [-0.05, 0) is 17.7 Å². The van der Waals surface area contributed by atoms with Gasteiger partial charge in [-0.2, -0.15) is 0 Å². The van der Waals surface area contributed by atoms with Gasteiger partial charge in [-0.15, -0.1) is 0 Å². The van der Waals surface area contributed by atoms with Crippen molar-refractivity contribution in [3.63, 3.8) is 0 Å². The van der Waals surface area contributed by atoms with E-state index in [-0.39, 0.29) is 12.1 Å². The molecule has 0 saturated heterocycles. The zero-order valence-corrected chi connectivity index (χ0v) is 8.99. The Balaban J connectivity index is 2.27. The molecule has 1 aromatic rings. The number of methoxy groups -OCH3 is 1. The molecule has 15 heavy (non-hydrogen) atoms. The topological polar surface area (TPSA) is 56.8 Å². The molecular weight excluding hydrogens is 216 g/mol. The van der Waals surface area contributed by atoms with E-state index in [0.717, 1.165) is 5.56 Å². The highest BCUT2D eigenvalue weighted by Gasteiger charge is 2.19. The number of hydrogen-bond donors (Lipinski definition) is 1. The van der Waals surface area contributed by atoms with Crippen molar-refractivity contribution in [1.29, 1.82) is 0 Å². The highest BCUT2D eigenvalue weighted by Crippen LogP contribution is 2.30. The van der Waals surface area contributed by atoms with E-state index in [9.17, 15) is 0 Å². The van der Waals surface area contributed by atoms with E-state index < -0.39 is 0 Å². The lowest BCUT2D eigenvalue weighted by atomic mass is 10.1. The second kappa shape index (κ2) is 3.98. The van der Waals surface area contributed by atoms with E-state index in [2.05, 4.69) is 4.99 Å². The number of ether oxygens (including phenoxy) is 2. The molecule has 0 bridgehead atoms. The number of aliphatic imine (C=N–C) groups is 1. The van der Waals surface area contributed by atoms with Gasteiger partial charge in [-0.25, -0.2) is 4.99 Å². The summed E-state index contributed by atoms with van der Waals surface area (Å²) in [6.07, 6.45) is 0. The van der Waals surface area contributed by atoms with E-state index in [1.54, 1.807) is 7.11 Å². The summed E-state index contributed by atoms with van der Waals surface area (Å²) in [7, 11) is 1.58. The predicted molar refractivity (Wildman–Crippen MR) is 58.3 cm³/mol. The summed E-state index contributed by atoms with van der Waals surface area (Å²) < 4.78 is 10.1. The first-order valence-corrected chi connectivity index (χ1v) is 4.88. The maximum absolute atomic E-state index is 6.00. The summed E-state index contributed by atoms with van der Waals surface area (Å²) in [5, 5.41) is 0.565. The molecule has 1 aromatic carbocycles. The molecule has 1 aliphatic rings. The molecule has 0 aromatic heterocycles. The molecule has 0 spiro atoms. The monoisotopic (exact) mass is 226 g/mol. The maximum atomic E-state index is 6.00. The smallest absolute Gasteiger partial charge is 0.282 e. The first-order chi connectivity index (χ1) is 7.20. The fourth-order valence-corrected chi connectivity index (χ4v) is 1.72. The van der Waals surface area contributed by atoms with Crippen LogP contribution in [0, 0.1) is 0 Å². The molecule has 1 aliphatic heterocycles. The Morgan fingerprint density at radius 1 is 1.60 bits per heavy atom. The molecule has 1 atom stereocenters.